The molecule has 0 spiro atoms. The zero-order chi connectivity index (χ0) is 11.8. The Balaban J connectivity index is 2.11. The van der Waals surface area contributed by atoms with Gasteiger partial charge in [0.25, 0.3) is 0 Å². The molecule has 5 heteroatoms. The highest BCUT2D eigenvalue weighted by atomic mass is 35.5. The lowest BCUT2D eigenvalue weighted by atomic mass is 10.2. The van der Waals surface area contributed by atoms with E-state index in [2.05, 4.69) is 21.8 Å². The van der Waals surface area contributed by atoms with Gasteiger partial charge in [0, 0.05) is 24.2 Å². The lowest BCUT2D eigenvalue weighted by molar-refractivity contribution is 0.0991. The average Bonchev–Trinajstić information content (AvgIpc) is 2.76. The summed E-state index contributed by atoms with van der Waals surface area (Å²) < 4.78 is 5.46. The van der Waals surface area contributed by atoms with E-state index in [0.717, 1.165) is 36.5 Å². The van der Waals surface area contributed by atoms with Gasteiger partial charge in [0.15, 0.2) is 0 Å². The largest absolute Gasteiger partial charge is 0.377 e. The minimum absolute atomic E-state index is 0.361. The minimum atomic E-state index is 0.361. The predicted octanol–water partition coefficient (Wildman–Crippen LogP) is 2.44. The molecule has 0 amide bonds. The number of aromatic nitrogens is 2. The maximum atomic E-state index is 6.06. The van der Waals surface area contributed by atoms with Crippen LogP contribution in [0.4, 0.5) is 5.69 Å². The first-order valence-corrected chi connectivity index (χ1v) is 6.11. The molecule has 4 nitrogen and oxygen atoms in total. The lowest BCUT2D eigenvalue weighted by Gasteiger charge is -2.35. The number of rotatable bonds is 1. The maximum Gasteiger partial charge on any atom is 0.141 e. The van der Waals surface area contributed by atoms with Gasteiger partial charge in [-0.15, -0.1) is 0 Å². The van der Waals surface area contributed by atoms with Crippen molar-refractivity contribution >= 4 is 28.3 Å². The van der Waals surface area contributed by atoms with Gasteiger partial charge in [-0.05, 0) is 19.1 Å². The second kappa shape index (κ2) is 4.20. The van der Waals surface area contributed by atoms with Gasteiger partial charge in [-0.2, -0.15) is 0 Å². The van der Waals surface area contributed by atoms with Crippen molar-refractivity contribution in [2.24, 2.45) is 0 Å². The van der Waals surface area contributed by atoms with Gasteiger partial charge in [-0.3, -0.25) is 0 Å². The number of pyridine rings is 1. The van der Waals surface area contributed by atoms with Crippen LogP contribution in [-0.2, 0) is 4.74 Å². The van der Waals surface area contributed by atoms with Crippen LogP contribution in [0.2, 0.25) is 5.15 Å². The third kappa shape index (κ3) is 1.87. The maximum absolute atomic E-state index is 6.06. The Morgan fingerprint density at radius 1 is 1.59 bits per heavy atom. The number of H-pyrrole nitrogens is 1. The summed E-state index contributed by atoms with van der Waals surface area (Å²) in [7, 11) is 0. The number of hydrogen-bond donors (Lipinski definition) is 1. The van der Waals surface area contributed by atoms with Crippen molar-refractivity contribution in [2.45, 2.75) is 13.0 Å². The summed E-state index contributed by atoms with van der Waals surface area (Å²) in [6, 6.07) is 4.33. The number of hydrogen-bond acceptors (Lipinski definition) is 3. The molecule has 1 fully saturated rings. The van der Waals surface area contributed by atoms with E-state index in [1.807, 2.05) is 18.3 Å². The quantitative estimate of drug-likeness (QED) is 0.792. The van der Waals surface area contributed by atoms with Crippen molar-refractivity contribution in [1.82, 2.24) is 9.97 Å². The molecule has 0 bridgehead atoms. The summed E-state index contributed by atoms with van der Waals surface area (Å²) in [5.74, 6) is 0. The molecule has 1 aliphatic heterocycles. The van der Waals surface area contributed by atoms with Crippen LogP contribution in [0.5, 0.6) is 0 Å². The minimum Gasteiger partial charge on any atom is -0.377 e. The standard InChI is InChI=1S/C12H14ClN3O/c1-8-7-17-5-4-16(8)10-6-11(13)15-12-9(10)2-3-14-12/h2-3,6,8H,4-5,7H2,1H3,(H,14,15)/t8-/m1/s1. The molecule has 0 radical (unpaired) electrons. The Kier molecular flexibility index (Phi) is 2.68. The molecule has 1 aliphatic rings. The smallest absolute Gasteiger partial charge is 0.141 e. The van der Waals surface area contributed by atoms with Gasteiger partial charge in [-0.1, -0.05) is 11.6 Å². The molecular weight excluding hydrogens is 238 g/mol. The van der Waals surface area contributed by atoms with Crippen molar-refractivity contribution in [1.29, 1.82) is 0 Å². The summed E-state index contributed by atoms with van der Waals surface area (Å²) in [4.78, 5) is 9.70. The Labute approximate surface area is 105 Å². The molecular formula is C12H14ClN3O. The first-order valence-electron chi connectivity index (χ1n) is 5.74. The molecule has 0 aliphatic carbocycles. The Bertz CT molecular complexity index is 540. The number of fused-ring (bicyclic) bond motifs is 1. The third-order valence-corrected chi connectivity index (χ3v) is 3.35. The van der Waals surface area contributed by atoms with Crippen LogP contribution < -0.4 is 4.90 Å². The van der Waals surface area contributed by atoms with Crippen LogP contribution in [0.1, 0.15) is 6.92 Å². The highest BCUT2D eigenvalue weighted by Gasteiger charge is 2.21. The van der Waals surface area contributed by atoms with E-state index in [0.29, 0.717) is 11.2 Å². The monoisotopic (exact) mass is 251 g/mol. The number of aromatic amines is 1. The van der Waals surface area contributed by atoms with Crippen molar-refractivity contribution in [2.75, 3.05) is 24.7 Å². The first kappa shape index (κ1) is 10.9. The molecule has 2 aromatic rings. The third-order valence-electron chi connectivity index (χ3n) is 3.15. The van der Waals surface area contributed by atoms with E-state index in [9.17, 15) is 0 Å². The van der Waals surface area contributed by atoms with E-state index in [1.54, 1.807) is 0 Å². The molecule has 90 valence electrons. The molecule has 0 unspecified atom stereocenters. The summed E-state index contributed by atoms with van der Waals surface area (Å²) in [6.45, 7) is 4.57. The highest BCUT2D eigenvalue weighted by molar-refractivity contribution is 6.30. The molecule has 3 heterocycles. The second-order valence-corrected chi connectivity index (χ2v) is 4.71. The Hall–Kier alpha value is -1.26. The highest BCUT2D eigenvalue weighted by Crippen LogP contribution is 2.30. The number of ether oxygens (including phenoxy) is 1. The first-order chi connectivity index (χ1) is 8.25. The van der Waals surface area contributed by atoms with Crippen molar-refractivity contribution < 1.29 is 4.74 Å². The second-order valence-electron chi connectivity index (χ2n) is 4.32. The van der Waals surface area contributed by atoms with Crippen LogP contribution in [0.15, 0.2) is 18.3 Å². The number of anilines is 1. The van der Waals surface area contributed by atoms with Crippen LogP contribution in [-0.4, -0.2) is 35.8 Å². The van der Waals surface area contributed by atoms with Crippen LogP contribution in [0, 0.1) is 0 Å². The van der Waals surface area contributed by atoms with Crippen LogP contribution >= 0.6 is 11.6 Å². The molecule has 3 rings (SSSR count). The van der Waals surface area contributed by atoms with Gasteiger partial charge in [-0.25, -0.2) is 4.98 Å². The van der Waals surface area contributed by atoms with Gasteiger partial charge in [0.2, 0.25) is 0 Å². The summed E-state index contributed by atoms with van der Waals surface area (Å²) in [5, 5.41) is 1.64. The van der Waals surface area contributed by atoms with E-state index in [1.165, 1.54) is 0 Å². The predicted molar refractivity (Wildman–Crippen MR) is 68.7 cm³/mol. The Morgan fingerprint density at radius 2 is 2.47 bits per heavy atom. The topological polar surface area (TPSA) is 41.1 Å². The number of nitrogens with one attached hydrogen (secondary N) is 1. The van der Waals surface area contributed by atoms with Crippen molar-refractivity contribution in [3.63, 3.8) is 0 Å². The summed E-state index contributed by atoms with van der Waals surface area (Å²) in [5.41, 5.74) is 1.98. The van der Waals surface area contributed by atoms with Crippen molar-refractivity contribution in [3.8, 4) is 0 Å². The zero-order valence-corrected chi connectivity index (χ0v) is 10.4. The van der Waals surface area contributed by atoms with Gasteiger partial charge in [0.1, 0.15) is 10.8 Å². The van der Waals surface area contributed by atoms with Gasteiger partial charge in [0.05, 0.1) is 18.9 Å². The van der Waals surface area contributed by atoms with E-state index < -0.39 is 0 Å². The summed E-state index contributed by atoms with van der Waals surface area (Å²) in [6.07, 6.45) is 1.89. The fourth-order valence-electron chi connectivity index (χ4n) is 2.31. The van der Waals surface area contributed by atoms with E-state index in [-0.39, 0.29) is 0 Å². The van der Waals surface area contributed by atoms with E-state index >= 15 is 0 Å². The molecule has 1 atom stereocenters. The van der Waals surface area contributed by atoms with Crippen LogP contribution in [0.3, 0.4) is 0 Å². The SMILES string of the molecule is C[C@@H]1COCCN1c1cc(Cl)nc2[nH]ccc12. The fraction of sp³-hybridized carbons (Fsp3) is 0.417. The number of morpholine rings is 1. The number of halogens is 1. The van der Waals surface area contributed by atoms with Gasteiger partial charge >= 0.3 is 0 Å². The van der Waals surface area contributed by atoms with Gasteiger partial charge < -0.3 is 14.6 Å². The molecule has 2 aromatic heterocycles. The average molecular weight is 252 g/mol. The lowest BCUT2D eigenvalue weighted by Crippen LogP contribution is -2.43. The Morgan fingerprint density at radius 3 is 3.29 bits per heavy atom. The zero-order valence-electron chi connectivity index (χ0n) is 9.61. The molecule has 17 heavy (non-hydrogen) atoms. The molecule has 0 aromatic carbocycles. The summed E-state index contributed by atoms with van der Waals surface area (Å²) >= 11 is 6.06. The normalized spacial score (nSPS) is 21.1. The van der Waals surface area contributed by atoms with Crippen molar-refractivity contribution in [3.05, 3.63) is 23.5 Å². The molecule has 1 N–H and O–H groups in total. The molecule has 0 saturated carbocycles. The van der Waals surface area contributed by atoms with E-state index in [4.69, 9.17) is 16.3 Å². The van der Waals surface area contributed by atoms with Crippen LogP contribution in [0.25, 0.3) is 11.0 Å². The fourth-order valence-corrected chi connectivity index (χ4v) is 2.50. The number of nitrogens with zero attached hydrogens (tertiary/aromatic N) is 2. The molecule has 1 saturated heterocycles.